The second-order valence-electron chi connectivity index (χ2n) is 4.80. The van der Waals surface area contributed by atoms with Crippen molar-refractivity contribution in [3.63, 3.8) is 0 Å². The first-order chi connectivity index (χ1) is 9.61. The van der Waals surface area contributed by atoms with Gasteiger partial charge in [0.05, 0.1) is 22.2 Å². The monoisotopic (exact) mass is 299 g/mol. The number of benzene rings is 1. The zero-order chi connectivity index (χ0) is 14.5. The highest BCUT2D eigenvalue weighted by Crippen LogP contribution is 2.30. The Morgan fingerprint density at radius 2 is 2.10 bits per heavy atom. The lowest BCUT2D eigenvalue weighted by atomic mass is 10.2. The van der Waals surface area contributed by atoms with Gasteiger partial charge >= 0.3 is 0 Å². The molecule has 0 bridgehead atoms. The van der Waals surface area contributed by atoms with Gasteiger partial charge in [-0.2, -0.15) is 0 Å². The van der Waals surface area contributed by atoms with Crippen molar-refractivity contribution in [3.8, 4) is 0 Å². The summed E-state index contributed by atoms with van der Waals surface area (Å²) in [4.78, 5) is 14.6. The molecule has 0 amide bonds. The smallest absolute Gasteiger partial charge is 0.271 e. The van der Waals surface area contributed by atoms with Gasteiger partial charge in [0.1, 0.15) is 0 Å². The van der Waals surface area contributed by atoms with Gasteiger partial charge in [-0.1, -0.05) is 11.6 Å². The van der Waals surface area contributed by atoms with Crippen LogP contribution >= 0.6 is 11.6 Å². The van der Waals surface area contributed by atoms with Gasteiger partial charge in [-0.05, 0) is 19.0 Å². The fourth-order valence-corrected chi connectivity index (χ4v) is 2.74. The molecule has 1 aliphatic rings. The van der Waals surface area contributed by atoms with E-state index in [1.807, 2.05) is 0 Å². The minimum absolute atomic E-state index is 0.00970. The Balaban J connectivity index is 2.09. The number of nitrogens with zero attached hydrogens (tertiary/aromatic N) is 3. The van der Waals surface area contributed by atoms with Crippen molar-refractivity contribution in [1.82, 2.24) is 4.90 Å². The first-order valence-corrected chi connectivity index (χ1v) is 7.01. The Kier molecular flexibility index (Phi) is 5.17. The average Bonchev–Trinajstić information content (AvgIpc) is 2.65. The third kappa shape index (κ3) is 3.59. The number of hydrogen-bond acceptors (Lipinski definition) is 5. The highest BCUT2D eigenvalue weighted by molar-refractivity contribution is 6.33. The van der Waals surface area contributed by atoms with Crippen LogP contribution in [0.1, 0.15) is 6.42 Å². The maximum atomic E-state index is 10.7. The molecule has 0 saturated carbocycles. The highest BCUT2D eigenvalue weighted by atomic mass is 35.5. The van der Waals surface area contributed by atoms with Gasteiger partial charge in [0.2, 0.25) is 0 Å². The molecule has 0 spiro atoms. The number of anilines is 1. The van der Waals surface area contributed by atoms with Crippen molar-refractivity contribution in [2.45, 2.75) is 6.42 Å². The van der Waals surface area contributed by atoms with E-state index in [0.717, 1.165) is 38.3 Å². The number of halogens is 1. The molecule has 0 aliphatic carbocycles. The van der Waals surface area contributed by atoms with E-state index < -0.39 is 4.92 Å². The molecule has 1 aromatic rings. The Hall–Kier alpha value is -1.37. The summed E-state index contributed by atoms with van der Waals surface area (Å²) in [6.45, 7) is 4.31. The van der Waals surface area contributed by atoms with Gasteiger partial charge in [0, 0.05) is 38.3 Å². The minimum atomic E-state index is -0.443. The van der Waals surface area contributed by atoms with Crippen molar-refractivity contribution >= 4 is 23.0 Å². The van der Waals surface area contributed by atoms with Crippen LogP contribution in [-0.2, 0) is 0 Å². The highest BCUT2D eigenvalue weighted by Gasteiger charge is 2.18. The van der Waals surface area contributed by atoms with Gasteiger partial charge in [0.15, 0.2) is 0 Å². The number of aliphatic hydroxyl groups is 1. The predicted molar refractivity (Wildman–Crippen MR) is 78.5 cm³/mol. The van der Waals surface area contributed by atoms with Crippen molar-refractivity contribution < 1.29 is 10.0 Å². The number of nitro groups is 1. The Morgan fingerprint density at radius 1 is 1.30 bits per heavy atom. The quantitative estimate of drug-likeness (QED) is 0.677. The van der Waals surface area contributed by atoms with Crippen molar-refractivity contribution in [1.29, 1.82) is 0 Å². The predicted octanol–water partition coefficient (Wildman–Crippen LogP) is 1.75. The summed E-state index contributed by atoms with van der Waals surface area (Å²) in [7, 11) is 0. The molecule has 1 fully saturated rings. The summed E-state index contributed by atoms with van der Waals surface area (Å²) in [5.41, 5.74) is 0.846. The van der Waals surface area contributed by atoms with Crippen LogP contribution in [0.3, 0.4) is 0 Å². The van der Waals surface area contributed by atoms with E-state index in [2.05, 4.69) is 9.80 Å². The molecule has 0 aromatic heterocycles. The van der Waals surface area contributed by atoms with E-state index in [1.54, 1.807) is 6.07 Å². The minimum Gasteiger partial charge on any atom is -0.395 e. The fourth-order valence-electron chi connectivity index (χ4n) is 2.44. The molecule has 1 aromatic carbocycles. The third-order valence-electron chi connectivity index (χ3n) is 3.49. The molecule has 1 heterocycles. The fraction of sp³-hybridized carbons (Fsp3) is 0.538. The molecule has 6 nitrogen and oxygen atoms in total. The molecule has 1 saturated heterocycles. The van der Waals surface area contributed by atoms with Gasteiger partial charge in [0.25, 0.3) is 5.69 Å². The maximum Gasteiger partial charge on any atom is 0.271 e. The Morgan fingerprint density at radius 3 is 2.75 bits per heavy atom. The molecular formula is C13H18ClN3O3. The van der Waals surface area contributed by atoms with E-state index >= 15 is 0 Å². The second kappa shape index (κ2) is 6.88. The summed E-state index contributed by atoms with van der Waals surface area (Å²) < 4.78 is 0. The zero-order valence-corrected chi connectivity index (χ0v) is 11.9. The van der Waals surface area contributed by atoms with E-state index in [9.17, 15) is 10.1 Å². The van der Waals surface area contributed by atoms with Crippen molar-refractivity contribution in [3.05, 3.63) is 33.3 Å². The van der Waals surface area contributed by atoms with E-state index in [-0.39, 0.29) is 12.3 Å². The van der Waals surface area contributed by atoms with E-state index in [1.165, 1.54) is 12.1 Å². The molecule has 0 radical (unpaired) electrons. The number of aliphatic hydroxyl groups excluding tert-OH is 1. The topological polar surface area (TPSA) is 69.9 Å². The SMILES string of the molecule is O=[N+]([O-])c1ccc(N2CCCN(CCO)CC2)c(Cl)c1. The third-order valence-corrected chi connectivity index (χ3v) is 3.79. The Labute approximate surface area is 122 Å². The second-order valence-corrected chi connectivity index (χ2v) is 5.21. The standard InChI is InChI=1S/C13H18ClN3O3/c14-12-10-11(17(19)20)2-3-13(12)16-5-1-4-15(6-7-16)8-9-18/h2-3,10,18H,1,4-9H2. The zero-order valence-electron chi connectivity index (χ0n) is 11.2. The molecule has 7 heteroatoms. The largest absolute Gasteiger partial charge is 0.395 e. The number of β-amino-alcohol motifs (C(OH)–C–C–N with tert-alkyl or cyclic N) is 1. The van der Waals surface area contributed by atoms with Crippen LogP contribution in [0, 0.1) is 10.1 Å². The van der Waals surface area contributed by atoms with Crippen LogP contribution in [-0.4, -0.2) is 54.3 Å². The lowest BCUT2D eigenvalue weighted by Crippen LogP contribution is -2.32. The normalized spacial score (nSPS) is 17.0. The first-order valence-electron chi connectivity index (χ1n) is 6.64. The van der Waals surface area contributed by atoms with Crippen molar-refractivity contribution in [2.75, 3.05) is 44.2 Å². The Bertz CT molecular complexity index is 484. The van der Waals surface area contributed by atoms with Gasteiger partial charge in [-0.3, -0.25) is 15.0 Å². The molecule has 1 aliphatic heterocycles. The van der Waals surface area contributed by atoms with Crippen LogP contribution in [0.15, 0.2) is 18.2 Å². The van der Waals surface area contributed by atoms with Gasteiger partial charge in [-0.25, -0.2) is 0 Å². The first kappa shape index (κ1) is 15.0. The van der Waals surface area contributed by atoms with Crippen LogP contribution < -0.4 is 4.90 Å². The van der Waals surface area contributed by atoms with Gasteiger partial charge in [-0.15, -0.1) is 0 Å². The summed E-state index contributed by atoms with van der Waals surface area (Å²) in [5.74, 6) is 0. The molecule has 20 heavy (non-hydrogen) atoms. The van der Waals surface area contributed by atoms with Gasteiger partial charge < -0.3 is 10.0 Å². The number of non-ortho nitro benzene ring substituents is 1. The molecule has 0 atom stereocenters. The maximum absolute atomic E-state index is 10.7. The molecule has 1 N–H and O–H groups in total. The summed E-state index contributed by atoms with van der Waals surface area (Å²) in [6, 6.07) is 4.59. The average molecular weight is 300 g/mol. The van der Waals surface area contributed by atoms with E-state index in [4.69, 9.17) is 16.7 Å². The summed E-state index contributed by atoms with van der Waals surface area (Å²) >= 11 is 6.16. The molecule has 110 valence electrons. The van der Waals surface area contributed by atoms with Crippen LogP contribution in [0.25, 0.3) is 0 Å². The number of nitro benzene ring substituents is 1. The van der Waals surface area contributed by atoms with Crippen molar-refractivity contribution in [2.24, 2.45) is 0 Å². The molecular weight excluding hydrogens is 282 g/mol. The summed E-state index contributed by atoms with van der Waals surface area (Å²) in [6.07, 6.45) is 0.979. The summed E-state index contributed by atoms with van der Waals surface area (Å²) in [5, 5.41) is 20.1. The lowest BCUT2D eigenvalue weighted by molar-refractivity contribution is -0.384. The number of hydrogen-bond donors (Lipinski definition) is 1. The van der Waals surface area contributed by atoms with Crippen LogP contribution in [0.2, 0.25) is 5.02 Å². The lowest BCUT2D eigenvalue weighted by Gasteiger charge is -2.24. The molecule has 2 rings (SSSR count). The van der Waals surface area contributed by atoms with Crippen LogP contribution in [0.5, 0.6) is 0 Å². The van der Waals surface area contributed by atoms with E-state index in [0.29, 0.717) is 11.6 Å². The van der Waals surface area contributed by atoms with Crippen LogP contribution in [0.4, 0.5) is 11.4 Å². The molecule has 0 unspecified atom stereocenters. The number of rotatable bonds is 4.